The second-order valence-electron chi connectivity index (χ2n) is 6.40. The molecule has 3 rings (SSSR count). The monoisotopic (exact) mass is 374 g/mol. The van der Waals surface area contributed by atoms with Gasteiger partial charge < -0.3 is 14.8 Å². The topological polar surface area (TPSA) is 57.6 Å². The molecule has 0 radical (unpaired) electrons. The molecule has 0 spiro atoms. The number of aromatic nitrogens is 1. The minimum atomic E-state index is -0.314. The van der Waals surface area contributed by atoms with Crippen LogP contribution in [0.1, 0.15) is 10.4 Å². The first kappa shape index (κ1) is 18.5. The second kappa shape index (κ2) is 8.38. The number of anilines is 1. The van der Waals surface area contributed by atoms with Crippen LogP contribution in [0.15, 0.2) is 47.4 Å². The summed E-state index contributed by atoms with van der Waals surface area (Å²) in [5, 5.41) is 3.59. The highest BCUT2D eigenvalue weighted by Gasteiger charge is 2.17. The lowest BCUT2D eigenvalue weighted by Crippen LogP contribution is -2.48. The highest BCUT2D eigenvalue weighted by molar-refractivity contribution is 6.30. The fraction of sp³-hybridized carbons (Fsp3) is 0.368. The van der Waals surface area contributed by atoms with Gasteiger partial charge in [0.05, 0.1) is 0 Å². The summed E-state index contributed by atoms with van der Waals surface area (Å²) in [6.07, 6.45) is 1.64. The third-order valence-corrected chi connectivity index (χ3v) is 4.90. The van der Waals surface area contributed by atoms with Gasteiger partial charge >= 0.3 is 0 Å². The van der Waals surface area contributed by atoms with Crippen molar-refractivity contribution in [2.75, 3.05) is 44.2 Å². The summed E-state index contributed by atoms with van der Waals surface area (Å²) in [5.41, 5.74) is 1.09. The largest absolute Gasteiger partial charge is 0.369 e. The van der Waals surface area contributed by atoms with Crippen molar-refractivity contribution in [3.8, 4) is 0 Å². The van der Waals surface area contributed by atoms with E-state index in [1.807, 2.05) is 24.3 Å². The highest BCUT2D eigenvalue weighted by Crippen LogP contribution is 2.19. The predicted molar refractivity (Wildman–Crippen MR) is 104 cm³/mol. The molecule has 2 aromatic rings. The van der Waals surface area contributed by atoms with Crippen LogP contribution in [0.2, 0.25) is 5.02 Å². The van der Waals surface area contributed by atoms with Gasteiger partial charge in [-0.2, -0.15) is 0 Å². The first-order valence-corrected chi connectivity index (χ1v) is 9.09. The van der Waals surface area contributed by atoms with Gasteiger partial charge in [-0.15, -0.1) is 0 Å². The number of hydrogen-bond donors (Lipinski definition) is 1. The van der Waals surface area contributed by atoms with Crippen molar-refractivity contribution in [2.24, 2.45) is 7.05 Å². The zero-order chi connectivity index (χ0) is 18.5. The van der Waals surface area contributed by atoms with Crippen LogP contribution in [-0.4, -0.2) is 54.6 Å². The van der Waals surface area contributed by atoms with Crippen molar-refractivity contribution >= 4 is 23.2 Å². The maximum absolute atomic E-state index is 12.2. The molecule has 1 aliphatic heterocycles. The summed E-state index contributed by atoms with van der Waals surface area (Å²) >= 11 is 5.94. The molecule has 1 fully saturated rings. The number of nitrogens with one attached hydrogen (secondary N) is 1. The number of aryl methyl sites for hydroxylation is 1. The number of rotatable bonds is 5. The first-order chi connectivity index (χ1) is 12.5. The minimum absolute atomic E-state index is 0.183. The minimum Gasteiger partial charge on any atom is -0.369 e. The van der Waals surface area contributed by atoms with Crippen LogP contribution in [0.5, 0.6) is 0 Å². The Kier molecular flexibility index (Phi) is 5.96. The maximum atomic E-state index is 12.2. The number of benzene rings is 1. The maximum Gasteiger partial charge on any atom is 0.263 e. The molecule has 0 bridgehead atoms. The van der Waals surface area contributed by atoms with Gasteiger partial charge in [0, 0.05) is 63.2 Å². The van der Waals surface area contributed by atoms with Gasteiger partial charge in [-0.1, -0.05) is 11.6 Å². The zero-order valence-electron chi connectivity index (χ0n) is 14.8. The van der Waals surface area contributed by atoms with E-state index in [1.165, 1.54) is 10.3 Å². The van der Waals surface area contributed by atoms with Crippen LogP contribution in [0, 0.1) is 0 Å². The molecule has 1 saturated heterocycles. The number of amides is 1. The molecule has 1 aromatic carbocycles. The molecule has 1 aromatic heterocycles. The molecule has 1 amide bonds. The normalized spacial score (nSPS) is 15.1. The highest BCUT2D eigenvalue weighted by atomic mass is 35.5. The summed E-state index contributed by atoms with van der Waals surface area (Å²) in [7, 11) is 1.64. The van der Waals surface area contributed by atoms with E-state index in [0.29, 0.717) is 6.54 Å². The van der Waals surface area contributed by atoms with E-state index in [1.54, 1.807) is 25.4 Å². The van der Waals surface area contributed by atoms with Crippen LogP contribution in [0.3, 0.4) is 0 Å². The number of halogens is 1. The van der Waals surface area contributed by atoms with Crippen molar-refractivity contribution in [1.29, 1.82) is 0 Å². The molecule has 2 heterocycles. The van der Waals surface area contributed by atoms with E-state index < -0.39 is 0 Å². The average molecular weight is 375 g/mol. The van der Waals surface area contributed by atoms with Crippen molar-refractivity contribution < 1.29 is 4.79 Å². The van der Waals surface area contributed by atoms with E-state index in [4.69, 9.17) is 11.6 Å². The molecule has 26 heavy (non-hydrogen) atoms. The van der Waals surface area contributed by atoms with Gasteiger partial charge in [-0.05, 0) is 36.4 Å². The molecule has 0 atom stereocenters. The van der Waals surface area contributed by atoms with Crippen molar-refractivity contribution in [2.45, 2.75) is 0 Å². The van der Waals surface area contributed by atoms with E-state index in [9.17, 15) is 9.59 Å². The zero-order valence-corrected chi connectivity index (χ0v) is 15.6. The molecular weight excluding hydrogens is 352 g/mol. The van der Waals surface area contributed by atoms with E-state index in [2.05, 4.69) is 15.1 Å². The number of carbonyl (C=O) groups is 1. The molecule has 0 unspecified atom stereocenters. The third kappa shape index (κ3) is 4.45. The summed E-state index contributed by atoms with van der Waals surface area (Å²) in [6, 6.07) is 11.2. The molecule has 0 aliphatic carbocycles. The second-order valence-corrected chi connectivity index (χ2v) is 6.84. The number of carbonyl (C=O) groups excluding carboxylic acids is 1. The molecular formula is C19H23ClN4O2. The third-order valence-electron chi connectivity index (χ3n) is 4.65. The average Bonchev–Trinajstić information content (AvgIpc) is 2.65. The summed E-state index contributed by atoms with van der Waals surface area (Å²) in [4.78, 5) is 28.8. The first-order valence-electron chi connectivity index (χ1n) is 8.71. The van der Waals surface area contributed by atoms with Crippen LogP contribution in [0.4, 0.5) is 5.69 Å². The summed E-state index contributed by atoms with van der Waals surface area (Å²) in [5.74, 6) is -0.314. The van der Waals surface area contributed by atoms with Gasteiger partial charge in [-0.3, -0.25) is 14.5 Å². The Balaban J connectivity index is 1.44. The van der Waals surface area contributed by atoms with E-state index in [0.717, 1.165) is 37.7 Å². The fourth-order valence-electron chi connectivity index (χ4n) is 3.07. The molecule has 7 heteroatoms. The quantitative estimate of drug-likeness (QED) is 0.863. The molecule has 1 N–H and O–H groups in total. The van der Waals surface area contributed by atoms with Crippen molar-refractivity contribution in [3.05, 3.63) is 63.5 Å². The predicted octanol–water partition coefficient (Wildman–Crippen LogP) is 1.59. The number of pyridine rings is 1. The van der Waals surface area contributed by atoms with Gasteiger partial charge in [0.15, 0.2) is 0 Å². The Labute approximate surface area is 158 Å². The molecule has 6 nitrogen and oxygen atoms in total. The lowest BCUT2D eigenvalue weighted by molar-refractivity contribution is 0.0945. The molecule has 0 saturated carbocycles. The summed E-state index contributed by atoms with van der Waals surface area (Å²) < 4.78 is 1.41. The lowest BCUT2D eigenvalue weighted by atomic mass is 10.2. The van der Waals surface area contributed by atoms with Gasteiger partial charge in [0.2, 0.25) is 0 Å². The van der Waals surface area contributed by atoms with Gasteiger partial charge in [-0.25, -0.2) is 0 Å². The number of hydrogen-bond acceptors (Lipinski definition) is 4. The van der Waals surface area contributed by atoms with E-state index in [-0.39, 0.29) is 17.0 Å². The lowest BCUT2D eigenvalue weighted by Gasteiger charge is -2.36. The van der Waals surface area contributed by atoms with Crippen LogP contribution in [0.25, 0.3) is 0 Å². The van der Waals surface area contributed by atoms with E-state index >= 15 is 0 Å². The molecule has 138 valence electrons. The Hall–Kier alpha value is -2.31. The van der Waals surface area contributed by atoms with Crippen LogP contribution < -0.4 is 15.8 Å². The Morgan fingerprint density at radius 1 is 1.12 bits per heavy atom. The summed E-state index contributed by atoms with van der Waals surface area (Å²) in [6.45, 7) is 5.05. The number of piperazine rings is 1. The standard InChI is InChI=1S/C19H23ClN4O2/c1-22-9-2-3-17(19(22)26)18(25)21-8-10-23-11-13-24(14-12-23)16-6-4-15(20)5-7-16/h2-7,9H,8,10-14H2,1H3,(H,21,25). The molecule has 1 aliphatic rings. The Bertz CT molecular complexity index is 811. The van der Waals surface area contributed by atoms with Crippen LogP contribution in [-0.2, 0) is 7.05 Å². The van der Waals surface area contributed by atoms with Gasteiger partial charge in [0.25, 0.3) is 11.5 Å². The van der Waals surface area contributed by atoms with Gasteiger partial charge in [0.1, 0.15) is 5.56 Å². The SMILES string of the molecule is Cn1cccc(C(=O)NCCN2CCN(c3ccc(Cl)cc3)CC2)c1=O. The van der Waals surface area contributed by atoms with Crippen molar-refractivity contribution in [1.82, 2.24) is 14.8 Å². The number of nitrogens with zero attached hydrogens (tertiary/aromatic N) is 3. The van der Waals surface area contributed by atoms with Crippen LogP contribution >= 0.6 is 11.6 Å². The van der Waals surface area contributed by atoms with Crippen molar-refractivity contribution in [3.63, 3.8) is 0 Å². The Morgan fingerprint density at radius 3 is 2.50 bits per heavy atom. The Morgan fingerprint density at radius 2 is 1.81 bits per heavy atom. The smallest absolute Gasteiger partial charge is 0.263 e. The fourth-order valence-corrected chi connectivity index (χ4v) is 3.20.